The zero-order chi connectivity index (χ0) is 26.6. The standard InChI is InChI=1S/C33H43NO3/c1-6-27(35)12-9-7-8-10-13-28(36)14-11-17-34-33-20-26-18-23(3)24(4)19-30(26)31(33)29-16-15-22(2)25(5)32(29)37-21-33/h6,15-16,18-19,31,34H,1,7-14,17,20-21H2,2-5H3. The fourth-order valence-corrected chi connectivity index (χ4v) is 6.13. The highest BCUT2D eigenvalue weighted by Gasteiger charge is 2.51. The Morgan fingerprint density at radius 2 is 1.65 bits per heavy atom. The van der Waals surface area contributed by atoms with Crippen molar-refractivity contribution >= 4 is 11.6 Å². The summed E-state index contributed by atoms with van der Waals surface area (Å²) < 4.78 is 6.47. The molecule has 2 unspecified atom stereocenters. The van der Waals surface area contributed by atoms with Crippen LogP contribution in [0.2, 0.25) is 0 Å². The van der Waals surface area contributed by atoms with Gasteiger partial charge in [-0.15, -0.1) is 0 Å². The number of ketones is 2. The lowest BCUT2D eigenvalue weighted by Gasteiger charge is -2.42. The van der Waals surface area contributed by atoms with Crippen LogP contribution in [0.3, 0.4) is 0 Å². The maximum absolute atomic E-state index is 12.5. The Morgan fingerprint density at radius 1 is 0.946 bits per heavy atom. The van der Waals surface area contributed by atoms with Crippen LogP contribution in [0.1, 0.15) is 96.2 Å². The van der Waals surface area contributed by atoms with E-state index in [4.69, 9.17) is 4.74 Å². The molecule has 1 heterocycles. The van der Waals surface area contributed by atoms with Crippen LogP contribution >= 0.6 is 0 Å². The van der Waals surface area contributed by atoms with Gasteiger partial charge in [0.25, 0.3) is 0 Å². The topological polar surface area (TPSA) is 55.4 Å². The van der Waals surface area contributed by atoms with E-state index >= 15 is 0 Å². The number of unbranched alkanes of at least 4 members (excludes halogenated alkanes) is 3. The fraction of sp³-hybridized carbons (Fsp3) is 0.515. The molecule has 0 aromatic heterocycles. The molecule has 0 bridgehead atoms. The van der Waals surface area contributed by atoms with Gasteiger partial charge in [0.2, 0.25) is 0 Å². The van der Waals surface area contributed by atoms with Gasteiger partial charge in [-0.05, 0) is 99.4 Å². The highest BCUT2D eigenvalue weighted by Crippen LogP contribution is 2.52. The normalized spacial score (nSPS) is 19.5. The molecule has 0 amide bonds. The fourth-order valence-electron chi connectivity index (χ4n) is 6.13. The zero-order valence-corrected chi connectivity index (χ0v) is 23.2. The van der Waals surface area contributed by atoms with Crippen molar-refractivity contribution < 1.29 is 14.3 Å². The number of ether oxygens (including phenoxy) is 1. The molecule has 2 aromatic rings. The summed E-state index contributed by atoms with van der Waals surface area (Å²) in [7, 11) is 0. The number of carbonyl (C=O) groups is 2. The molecule has 0 fully saturated rings. The molecule has 4 nitrogen and oxygen atoms in total. The number of aryl methyl sites for hydroxylation is 3. The van der Waals surface area contributed by atoms with Crippen molar-refractivity contribution in [2.75, 3.05) is 13.2 Å². The van der Waals surface area contributed by atoms with E-state index in [2.05, 4.69) is 63.9 Å². The molecule has 1 aliphatic carbocycles. The third-order valence-electron chi connectivity index (χ3n) is 8.58. The number of rotatable bonds is 13. The van der Waals surface area contributed by atoms with Gasteiger partial charge < -0.3 is 10.1 Å². The van der Waals surface area contributed by atoms with E-state index in [0.717, 1.165) is 50.8 Å². The van der Waals surface area contributed by atoms with E-state index in [-0.39, 0.29) is 17.2 Å². The summed E-state index contributed by atoms with van der Waals surface area (Å²) in [6, 6.07) is 9.24. The SMILES string of the molecule is C=CC(=O)CCCCCCC(=O)CCCNC12COc3c(ccc(C)c3C)C1c1cc(C)c(C)cc1C2. The van der Waals surface area contributed by atoms with Gasteiger partial charge in [-0.1, -0.05) is 43.7 Å². The van der Waals surface area contributed by atoms with Crippen LogP contribution < -0.4 is 10.1 Å². The van der Waals surface area contributed by atoms with Crippen LogP contribution in [-0.4, -0.2) is 30.3 Å². The van der Waals surface area contributed by atoms with E-state index < -0.39 is 0 Å². The summed E-state index contributed by atoms with van der Waals surface area (Å²) in [6.07, 6.45) is 8.82. The minimum Gasteiger partial charge on any atom is -0.491 e. The van der Waals surface area contributed by atoms with Gasteiger partial charge in [0.05, 0.1) is 5.54 Å². The number of Topliss-reactive ketones (excluding diaryl/α,β-unsaturated/α-hetero) is 1. The first-order chi connectivity index (χ1) is 17.8. The van der Waals surface area contributed by atoms with Crippen LogP contribution in [-0.2, 0) is 16.0 Å². The van der Waals surface area contributed by atoms with Gasteiger partial charge in [0.1, 0.15) is 18.1 Å². The highest BCUT2D eigenvalue weighted by molar-refractivity contribution is 5.88. The summed E-state index contributed by atoms with van der Waals surface area (Å²) in [5.41, 5.74) is 9.13. The Bertz CT molecular complexity index is 1180. The van der Waals surface area contributed by atoms with E-state index in [1.165, 1.54) is 45.0 Å². The molecule has 2 aliphatic rings. The summed E-state index contributed by atoms with van der Waals surface area (Å²) in [5, 5.41) is 3.90. The Labute approximate surface area is 222 Å². The van der Waals surface area contributed by atoms with E-state index in [0.29, 0.717) is 31.7 Å². The lowest BCUT2D eigenvalue weighted by molar-refractivity contribution is -0.119. The van der Waals surface area contributed by atoms with Crippen LogP contribution in [0.25, 0.3) is 0 Å². The molecule has 0 saturated carbocycles. The summed E-state index contributed by atoms with van der Waals surface area (Å²) >= 11 is 0. The number of hydrogen-bond donors (Lipinski definition) is 1. The minimum atomic E-state index is -0.177. The van der Waals surface area contributed by atoms with Gasteiger partial charge in [0, 0.05) is 30.7 Å². The molecule has 0 saturated heterocycles. The molecular weight excluding hydrogens is 458 g/mol. The van der Waals surface area contributed by atoms with Gasteiger partial charge in [-0.2, -0.15) is 0 Å². The molecule has 0 radical (unpaired) electrons. The number of hydrogen-bond acceptors (Lipinski definition) is 4. The Kier molecular flexibility index (Phi) is 8.69. The Hall–Kier alpha value is -2.72. The third kappa shape index (κ3) is 5.90. The van der Waals surface area contributed by atoms with Crippen LogP contribution in [0.15, 0.2) is 36.9 Å². The Morgan fingerprint density at radius 3 is 2.41 bits per heavy atom. The third-order valence-corrected chi connectivity index (χ3v) is 8.58. The van der Waals surface area contributed by atoms with Crippen molar-refractivity contribution in [3.8, 4) is 5.75 Å². The van der Waals surface area contributed by atoms with E-state index in [1.807, 2.05) is 0 Å². The van der Waals surface area contributed by atoms with Crippen molar-refractivity contribution in [3.05, 3.63) is 75.9 Å². The predicted octanol–water partition coefficient (Wildman–Crippen LogP) is 6.77. The Balaban J connectivity index is 1.36. The second-order valence-corrected chi connectivity index (χ2v) is 11.3. The molecule has 4 rings (SSSR count). The van der Waals surface area contributed by atoms with Gasteiger partial charge >= 0.3 is 0 Å². The average Bonchev–Trinajstić information content (AvgIpc) is 3.19. The first kappa shape index (κ1) is 27.3. The molecule has 0 spiro atoms. The van der Waals surface area contributed by atoms with Crippen molar-refractivity contribution in [2.45, 2.75) is 96.9 Å². The number of nitrogens with one attached hydrogen (secondary N) is 1. The quantitative estimate of drug-likeness (QED) is 0.243. The minimum absolute atomic E-state index is 0.109. The molecular formula is C33H43NO3. The molecule has 198 valence electrons. The zero-order valence-electron chi connectivity index (χ0n) is 23.2. The second-order valence-electron chi connectivity index (χ2n) is 11.3. The average molecular weight is 502 g/mol. The maximum atomic E-state index is 12.5. The first-order valence-electron chi connectivity index (χ1n) is 14.0. The monoisotopic (exact) mass is 501 g/mol. The molecule has 37 heavy (non-hydrogen) atoms. The van der Waals surface area contributed by atoms with E-state index in [1.54, 1.807) is 0 Å². The maximum Gasteiger partial charge on any atom is 0.155 e. The summed E-state index contributed by atoms with van der Waals surface area (Å²) in [5.74, 6) is 1.76. The highest BCUT2D eigenvalue weighted by atomic mass is 16.5. The van der Waals surface area contributed by atoms with E-state index in [9.17, 15) is 9.59 Å². The molecule has 4 heteroatoms. The van der Waals surface area contributed by atoms with Crippen LogP contribution in [0, 0.1) is 27.7 Å². The summed E-state index contributed by atoms with van der Waals surface area (Å²) in [4.78, 5) is 23.8. The van der Waals surface area contributed by atoms with Crippen molar-refractivity contribution in [1.82, 2.24) is 5.32 Å². The lowest BCUT2D eigenvalue weighted by Crippen LogP contribution is -2.56. The van der Waals surface area contributed by atoms with Crippen molar-refractivity contribution in [3.63, 3.8) is 0 Å². The number of carbonyl (C=O) groups excluding carboxylic acids is 2. The predicted molar refractivity (Wildman–Crippen MR) is 151 cm³/mol. The second kappa shape index (κ2) is 11.8. The molecule has 2 aromatic carbocycles. The van der Waals surface area contributed by atoms with Gasteiger partial charge in [0.15, 0.2) is 5.78 Å². The number of benzene rings is 2. The molecule has 1 N–H and O–H groups in total. The van der Waals surface area contributed by atoms with Gasteiger partial charge in [-0.25, -0.2) is 0 Å². The number of fused-ring (bicyclic) bond motifs is 5. The van der Waals surface area contributed by atoms with Crippen LogP contribution in [0.4, 0.5) is 0 Å². The smallest absolute Gasteiger partial charge is 0.155 e. The van der Waals surface area contributed by atoms with Gasteiger partial charge in [-0.3, -0.25) is 9.59 Å². The largest absolute Gasteiger partial charge is 0.491 e. The molecule has 2 atom stereocenters. The van der Waals surface area contributed by atoms with Crippen molar-refractivity contribution in [1.29, 1.82) is 0 Å². The summed E-state index contributed by atoms with van der Waals surface area (Å²) in [6.45, 7) is 13.7. The number of allylic oxidation sites excluding steroid dienone is 1. The van der Waals surface area contributed by atoms with Crippen molar-refractivity contribution in [2.24, 2.45) is 0 Å². The first-order valence-corrected chi connectivity index (χ1v) is 14.0. The lowest BCUT2D eigenvalue weighted by atomic mass is 9.76. The molecule has 1 aliphatic heterocycles. The van der Waals surface area contributed by atoms with Crippen LogP contribution in [0.5, 0.6) is 5.75 Å².